The summed E-state index contributed by atoms with van der Waals surface area (Å²) in [6.45, 7) is 1.47. The Morgan fingerprint density at radius 1 is 1.02 bits per heavy atom. The molecule has 11 heteroatoms. The topological polar surface area (TPSA) is 116 Å². The Labute approximate surface area is 271 Å². The molecule has 0 spiro atoms. The molecule has 0 radical (unpaired) electrons. The number of phenolic OH excluding ortho intramolecular Hbond substituents is 1. The molecule has 4 aromatic rings. The molecule has 8 bridgehead atoms. The highest BCUT2D eigenvalue weighted by atomic mass is 19.1. The second kappa shape index (κ2) is 14.0. The minimum absolute atomic E-state index is 0.0903. The molecule has 3 aliphatic rings. The molecule has 244 valence electrons. The third-order valence-electron chi connectivity index (χ3n) is 8.08. The number of carbonyl (C=O) groups excluding carboxylic acids is 2. The van der Waals surface area contributed by atoms with E-state index in [2.05, 4.69) is 5.32 Å². The lowest BCUT2D eigenvalue weighted by Gasteiger charge is -2.38. The van der Waals surface area contributed by atoms with Gasteiger partial charge in [0.1, 0.15) is 35.4 Å². The Morgan fingerprint density at radius 2 is 1.85 bits per heavy atom. The molecular weight excluding hydrogens is 607 g/mol. The van der Waals surface area contributed by atoms with Gasteiger partial charge in [0.15, 0.2) is 11.5 Å². The van der Waals surface area contributed by atoms with E-state index in [1.165, 1.54) is 30.3 Å². The van der Waals surface area contributed by atoms with Crippen LogP contribution in [0.1, 0.15) is 49.9 Å². The minimum atomic E-state index is -0.652. The normalized spacial score (nSPS) is 15.9. The molecule has 0 fully saturated rings. The number of benzene rings is 4. The Balaban J connectivity index is 1.42. The molecular formula is C36H35FN2O8. The number of rotatable bonds is 6. The highest BCUT2D eigenvalue weighted by Gasteiger charge is 2.34. The first kappa shape index (κ1) is 31.7. The van der Waals surface area contributed by atoms with Gasteiger partial charge in [0, 0.05) is 31.8 Å². The van der Waals surface area contributed by atoms with E-state index in [9.17, 15) is 19.1 Å². The molecule has 2 amide bonds. The number of hydrogen-bond donors (Lipinski definition) is 2. The maximum Gasteiger partial charge on any atom is 0.254 e. The molecule has 3 heterocycles. The SMILES string of the molecule is COCCOc1cc(O)cc(C(=O)N2CCc3cc4ccc3C2c2ccc(OC)c(c2)OCCCNC(=O)c2cc(ccc2F)O4)c1. The van der Waals surface area contributed by atoms with Crippen LogP contribution in [0.2, 0.25) is 0 Å². The summed E-state index contributed by atoms with van der Waals surface area (Å²) in [7, 11) is 3.11. The second-order valence-corrected chi connectivity index (χ2v) is 11.2. The maximum atomic E-state index is 14.6. The quantitative estimate of drug-likeness (QED) is 0.259. The monoisotopic (exact) mass is 642 g/mol. The van der Waals surface area contributed by atoms with Crippen LogP contribution in [0.4, 0.5) is 4.39 Å². The Morgan fingerprint density at radius 3 is 2.68 bits per heavy atom. The van der Waals surface area contributed by atoms with Gasteiger partial charge in [-0.25, -0.2) is 4.39 Å². The Bertz CT molecular complexity index is 1800. The highest BCUT2D eigenvalue weighted by Crippen LogP contribution is 2.41. The van der Waals surface area contributed by atoms with E-state index in [1.54, 1.807) is 37.3 Å². The van der Waals surface area contributed by atoms with Gasteiger partial charge in [-0.1, -0.05) is 12.1 Å². The van der Waals surface area contributed by atoms with E-state index < -0.39 is 17.8 Å². The lowest BCUT2D eigenvalue weighted by Crippen LogP contribution is -2.40. The predicted molar refractivity (Wildman–Crippen MR) is 170 cm³/mol. The van der Waals surface area contributed by atoms with Crippen LogP contribution in [0.5, 0.6) is 34.5 Å². The number of nitrogens with one attached hydrogen (secondary N) is 1. The molecule has 1 atom stereocenters. The van der Waals surface area contributed by atoms with Gasteiger partial charge in [0.05, 0.1) is 31.9 Å². The van der Waals surface area contributed by atoms with Gasteiger partial charge in [-0.2, -0.15) is 0 Å². The van der Waals surface area contributed by atoms with Gasteiger partial charge >= 0.3 is 0 Å². The largest absolute Gasteiger partial charge is 0.508 e. The number of hydrogen-bond acceptors (Lipinski definition) is 8. The number of phenols is 1. The van der Waals surface area contributed by atoms with Crippen LogP contribution >= 0.6 is 0 Å². The van der Waals surface area contributed by atoms with Gasteiger partial charge in [0.2, 0.25) is 0 Å². The zero-order valence-corrected chi connectivity index (χ0v) is 26.1. The van der Waals surface area contributed by atoms with Crippen LogP contribution in [0.15, 0.2) is 72.8 Å². The molecule has 0 saturated heterocycles. The van der Waals surface area contributed by atoms with E-state index in [1.807, 2.05) is 24.3 Å². The average Bonchev–Trinajstić information content (AvgIpc) is 3.07. The minimum Gasteiger partial charge on any atom is -0.508 e. The molecule has 7 rings (SSSR count). The van der Waals surface area contributed by atoms with Crippen molar-refractivity contribution in [3.8, 4) is 34.5 Å². The van der Waals surface area contributed by atoms with Crippen molar-refractivity contribution < 1.29 is 42.8 Å². The molecule has 47 heavy (non-hydrogen) atoms. The standard InChI is InChI=1S/C36H35FN2O8/c1-43-14-15-45-28-18-24(16-25(40)20-28)36(42)39-12-10-22-17-26-5-7-29(22)34(39)23-4-9-32(44-2)33(19-23)46-13-3-11-38-35(41)30-21-27(47-26)6-8-31(30)37/h4-9,16-21,34,40H,3,10-15H2,1-2H3,(H,38,41). The number of aromatic hydroxyl groups is 1. The number of fused-ring (bicyclic) bond motifs is 6. The summed E-state index contributed by atoms with van der Waals surface area (Å²) in [5.41, 5.74) is 2.78. The summed E-state index contributed by atoms with van der Waals surface area (Å²) in [6, 6.07) is 19.2. The summed E-state index contributed by atoms with van der Waals surface area (Å²) >= 11 is 0. The average molecular weight is 643 g/mol. The van der Waals surface area contributed by atoms with Crippen molar-refractivity contribution in [3.63, 3.8) is 0 Å². The zero-order valence-electron chi connectivity index (χ0n) is 26.1. The number of methoxy groups -OCH3 is 2. The third kappa shape index (κ3) is 6.95. The molecule has 1 unspecified atom stereocenters. The molecule has 10 nitrogen and oxygen atoms in total. The number of amides is 2. The van der Waals surface area contributed by atoms with Crippen molar-refractivity contribution in [2.45, 2.75) is 18.9 Å². The molecule has 0 aromatic heterocycles. The van der Waals surface area contributed by atoms with Gasteiger partial charge in [-0.3, -0.25) is 9.59 Å². The fraction of sp³-hybridized carbons (Fsp3) is 0.278. The summed E-state index contributed by atoms with van der Waals surface area (Å²) in [5.74, 6) is 0.581. The van der Waals surface area contributed by atoms with Crippen molar-refractivity contribution >= 4 is 11.8 Å². The van der Waals surface area contributed by atoms with E-state index in [0.717, 1.165) is 16.7 Å². The molecule has 2 N–H and O–H groups in total. The summed E-state index contributed by atoms with van der Waals surface area (Å²) in [4.78, 5) is 28.8. The van der Waals surface area contributed by atoms with Crippen LogP contribution < -0.4 is 24.3 Å². The lowest BCUT2D eigenvalue weighted by atomic mass is 9.87. The highest BCUT2D eigenvalue weighted by molar-refractivity contribution is 5.96. The van der Waals surface area contributed by atoms with Crippen LogP contribution in [0.3, 0.4) is 0 Å². The summed E-state index contributed by atoms with van der Waals surface area (Å²) in [5, 5.41) is 13.2. The first-order valence-electron chi connectivity index (χ1n) is 15.3. The lowest BCUT2D eigenvalue weighted by molar-refractivity contribution is 0.0692. The third-order valence-corrected chi connectivity index (χ3v) is 8.08. The first-order valence-corrected chi connectivity index (χ1v) is 15.3. The number of carbonyl (C=O) groups is 2. The van der Waals surface area contributed by atoms with Crippen LogP contribution in [0, 0.1) is 5.82 Å². The summed E-state index contributed by atoms with van der Waals surface area (Å²) in [6.07, 6.45) is 0.962. The second-order valence-electron chi connectivity index (χ2n) is 11.2. The summed E-state index contributed by atoms with van der Waals surface area (Å²) < 4.78 is 43.1. The molecule has 0 saturated carbocycles. The van der Waals surface area contributed by atoms with E-state index in [4.69, 9.17) is 23.7 Å². The van der Waals surface area contributed by atoms with Crippen molar-refractivity contribution in [2.75, 3.05) is 47.1 Å². The first-order chi connectivity index (χ1) is 22.8. The van der Waals surface area contributed by atoms with Crippen LogP contribution in [0.25, 0.3) is 0 Å². The number of ether oxygens (including phenoxy) is 5. The van der Waals surface area contributed by atoms with Crippen molar-refractivity contribution in [1.29, 1.82) is 0 Å². The van der Waals surface area contributed by atoms with Crippen LogP contribution in [-0.4, -0.2) is 69.0 Å². The fourth-order valence-corrected chi connectivity index (χ4v) is 5.85. The number of halogens is 1. The van der Waals surface area contributed by atoms with E-state index in [0.29, 0.717) is 54.7 Å². The smallest absolute Gasteiger partial charge is 0.254 e. The van der Waals surface area contributed by atoms with Crippen LogP contribution in [-0.2, 0) is 11.2 Å². The Hall–Kier alpha value is -5.29. The van der Waals surface area contributed by atoms with Crippen molar-refractivity contribution in [2.24, 2.45) is 0 Å². The Kier molecular flexibility index (Phi) is 9.44. The van der Waals surface area contributed by atoms with Gasteiger partial charge in [0.25, 0.3) is 11.8 Å². The van der Waals surface area contributed by atoms with E-state index >= 15 is 0 Å². The van der Waals surface area contributed by atoms with Gasteiger partial charge in [-0.15, -0.1) is 0 Å². The molecule has 0 aliphatic carbocycles. The van der Waals surface area contributed by atoms with Crippen molar-refractivity contribution in [3.05, 3.63) is 106 Å². The molecule has 4 aromatic carbocycles. The van der Waals surface area contributed by atoms with Gasteiger partial charge in [-0.05, 0) is 84.1 Å². The predicted octanol–water partition coefficient (Wildman–Crippen LogP) is 5.66. The zero-order chi connectivity index (χ0) is 32.9. The fourth-order valence-electron chi connectivity index (χ4n) is 5.85. The van der Waals surface area contributed by atoms with Gasteiger partial charge < -0.3 is 39.0 Å². The molecule has 3 aliphatic heterocycles. The maximum absolute atomic E-state index is 14.6. The van der Waals surface area contributed by atoms with Crippen molar-refractivity contribution in [1.82, 2.24) is 10.2 Å². The number of nitrogens with zero attached hydrogens (tertiary/aromatic N) is 1. The van der Waals surface area contributed by atoms with E-state index in [-0.39, 0.29) is 42.5 Å².